The Bertz CT molecular complexity index is 634. The normalized spacial score (nSPS) is 16.6. The van der Waals surface area contributed by atoms with E-state index >= 15 is 0 Å². The molecule has 1 N–H and O–H groups in total. The first-order valence-electron chi connectivity index (χ1n) is 7.22. The highest BCUT2D eigenvalue weighted by Gasteiger charge is 2.28. The van der Waals surface area contributed by atoms with Gasteiger partial charge in [-0.25, -0.2) is 4.79 Å². The number of carbonyl (C=O) groups excluding carboxylic acids is 1. The summed E-state index contributed by atoms with van der Waals surface area (Å²) in [6.07, 6.45) is 1.80. The molecule has 0 aliphatic carbocycles. The number of hydrogen-bond acceptors (Lipinski definition) is 6. The van der Waals surface area contributed by atoms with E-state index in [1.54, 1.807) is 18.3 Å². The molecule has 0 bridgehead atoms. The highest BCUT2D eigenvalue weighted by Crippen LogP contribution is 2.27. The van der Waals surface area contributed by atoms with Crippen LogP contribution in [0.1, 0.15) is 17.2 Å². The van der Waals surface area contributed by atoms with E-state index in [2.05, 4.69) is 15.5 Å². The number of aromatic nitrogens is 2. The molecule has 0 saturated carbocycles. The number of fused-ring (bicyclic) bond motifs is 1. The van der Waals surface area contributed by atoms with Crippen LogP contribution in [0.25, 0.3) is 0 Å². The van der Waals surface area contributed by atoms with Crippen molar-refractivity contribution in [3.63, 3.8) is 0 Å². The van der Waals surface area contributed by atoms with Gasteiger partial charge in [-0.2, -0.15) is 5.10 Å². The summed E-state index contributed by atoms with van der Waals surface area (Å²) >= 11 is 0. The Morgan fingerprint density at radius 3 is 3.09 bits per heavy atom. The van der Waals surface area contributed by atoms with Gasteiger partial charge in [-0.05, 0) is 29.7 Å². The van der Waals surface area contributed by atoms with Crippen LogP contribution in [0, 0.1) is 0 Å². The minimum absolute atomic E-state index is 0.247. The standard InChI is InChI=1S/C16H17N3O3/c20-16(22-11-9-17-14-6-3-8-18-19-14)15-13-5-2-1-4-12(13)7-10-21-15/h1-6,8,15H,7,9-11H2,(H,17,19)/t15-/m1/s1. The molecule has 6 nitrogen and oxygen atoms in total. The second kappa shape index (κ2) is 7.00. The van der Waals surface area contributed by atoms with Crippen molar-refractivity contribution in [2.75, 3.05) is 25.1 Å². The van der Waals surface area contributed by atoms with Crippen molar-refractivity contribution in [3.05, 3.63) is 53.7 Å². The Morgan fingerprint density at radius 2 is 2.23 bits per heavy atom. The van der Waals surface area contributed by atoms with Gasteiger partial charge < -0.3 is 14.8 Å². The van der Waals surface area contributed by atoms with Crippen molar-refractivity contribution < 1.29 is 14.3 Å². The van der Waals surface area contributed by atoms with E-state index < -0.39 is 6.10 Å². The van der Waals surface area contributed by atoms with E-state index in [0.29, 0.717) is 19.0 Å². The molecule has 1 aliphatic heterocycles. The number of nitrogens with one attached hydrogen (secondary N) is 1. The molecular weight excluding hydrogens is 282 g/mol. The summed E-state index contributed by atoms with van der Waals surface area (Å²) in [5, 5.41) is 10.7. The van der Waals surface area contributed by atoms with Gasteiger partial charge in [0.05, 0.1) is 13.2 Å². The van der Waals surface area contributed by atoms with Crippen LogP contribution in [0.3, 0.4) is 0 Å². The number of anilines is 1. The molecule has 1 aromatic carbocycles. The van der Waals surface area contributed by atoms with E-state index in [0.717, 1.165) is 17.5 Å². The minimum Gasteiger partial charge on any atom is -0.462 e. The first kappa shape index (κ1) is 14.5. The van der Waals surface area contributed by atoms with E-state index in [4.69, 9.17) is 9.47 Å². The monoisotopic (exact) mass is 299 g/mol. The number of esters is 1. The fourth-order valence-corrected chi connectivity index (χ4v) is 2.39. The number of carbonyl (C=O) groups is 1. The van der Waals surface area contributed by atoms with Gasteiger partial charge in [0.1, 0.15) is 12.4 Å². The van der Waals surface area contributed by atoms with Crippen LogP contribution in [0.2, 0.25) is 0 Å². The number of nitrogens with zero attached hydrogens (tertiary/aromatic N) is 2. The molecule has 2 aromatic rings. The van der Waals surface area contributed by atoms with Crippen molar-refractivity contribution in [3.8, 4) is 0 Å². The quantitative estimate of drug-likeness (QED) is 0.670. The summed E-state index contributed by atoms with van der Waals surface area (Å²) in [4.78, 5) is 12.2. The molecule has 0 spiro atoms. The summed E-state index contributed by atoms with van der Waals surface area (Å²) < 4.78 is 10.8. The Hall–Kier alpha value is -2.47. The van der Waals surface area contributed by atoms with E-state index in [9.17, 15) is 4.79 Å². The fourth-order valence-electron chi connectivity index (χ4n) is 2.39. The van der Waals surface area contributed by atoms with Crippen molar-refractivity contribution >= 4 is 11.8 Å². The molecule has 0 fully saturated rings. The molecule has 22 heavy (non-hydrogen) atoms. The first-order chi connectivity index (χ1) is 10.8. The van der Waals surface area contributed by atoms with E-state index in [1.807, 2.05) is 24.3 Å². The fraction of sp³-hybridized carbons (Fsp3) is 0.312. The molecular formula is C16H17N3O3. The highest BCUT2D eigenvalue weighted by atomic mass is 16.6. The molecule has 6 heteroatoms. The maximum Gasteiger partial charge on any atom is 0.340 e. The maximum absolute atomic E-state index is 12.2. The molecule has 0 unspecified atom stereocenters. The molecule has 1 aliphatic rings. The number of hydrogen-bond donors (Lipinski definition) is 1. The second-order valence-corrected chi connectivity index (χ2v) is 4.90. The van der Waals surface area contributed by atoms with Gasteiger partial charge in [0.15, 0.2) is 6.10 Å². The van der Waals surface area contributed by atoms with Crippen LogP contribution >= 0.6 is 0 Å². The summed E-state index contributed by atoms with van der Waals surface area (Å²) in [6.45, 7) is 1.25. The summed E-state index contributed by atoms with van der Waals surface area (Å²) in [5.41, 5.74) is 2.05. The van der Waals surface area contributed by atoms with Crippen LogP contribution in [-0.4, -0.2) is 35.9 Å². The first-order valence-corrected chi connectivity index (χ1v) is 7.22. The van der Waals surface area contributed by atoms with Crippen molar-refractivity contribution in [1.82, 2.24) is 10.2 Å². The second-order valence-electron chi connectivity index (χ2n) is 4.90. The Labute approximate surface area is 128 Å². The van der Waals surface area contributed by atoms with Crippen LogP contribution < -0.4 is 5.32 Å². The third kappa shape index (κ3) is 3.40. The summed E-state index contributed by atoms with van der Waals surface area (Å²) in [6, 6.07) is 11.4. The largest absolute Gasteiger partial charge is 0.462 e. The van der Waals surface area contributed by atoms with Crippen LogP contribution in [0.15, 0.2) is 42.6 Å². The molecule has 1 atom stereocenters. The Morgan fingerprint density at radius 1 is 1.32 bits per heavy atom. The van der Waals surface area contributed by atoms with Gasteiger partial charge in [-0.15, -0.1) is 5.10 Å². The van der Waals surface area contributed by atoms with Crippen LogP contribution in [0.4, 0.5) is 5.82 Å². The number of benzene rings is 1. The zero-order valence-electron chi connectivity index (χ0n) is 12.1. The predicted octanol–water partition coefficient (Wildman–Crippen LogP) is 1.75. The van der Waals surface area contributed by atoms with Crippen molar-refractivity contribution in [2.24, 2.45) is 0 Å². The maximum atomic E-state index is 12.2. The zero-order valence-corrected chi connectivity index (χ0v) is 12.1. The smallest absolute Gasteiger partial charge is 0.340 e. The average molecular weight is 299 g/mol. The third-order valence-corrected chi connectivity index (χ3v) is 3.43. The molecule has 0 radical (unpaired) electrons. The lowest BCUT2D eigenvalue weighted by atomic mass is 9.98. The summed E-state index contributed by atoms with van der Waals surface area (Å²) in [7, 11) is 0. The van der Waals surface area contributed by atoms with Crippen molar-refractivity contribution in [1.29, 1.82) is 0 Å². The van der Waals surface area contributed by atoms with Gasteiger partial charge in [-0.1, -0.05) is 24.3 Å². The number of ether oxygens (including phenoxy) is 2. The Balaban J connectivity index is 1.51. The van der Waals surface area contributed by atoms with Gasteiger partial charge in [-0.3, -0.25) is 0 Å². The molecule has 3 rings (SSSR count). The molecule has 114 valence electrons. The van der Waals surface area contributed by atoms with E-state index in [-0.39, 0.29) is 12.6 Å². The van der Waals surface area contributed by atoms with Gasteiger partial charge in [0, 0.05) is 6.20 Å². The zero-order chi connectivity index (χ0) is 15.2. The van der Waals surface area contributed by atoms with E-state index in [1.165, 1.54) is 0 Å². The van der Waals surface area contributed by atoms with Gasteiger partial charge >= 0.3 is 5.97 Å². The SMILES string of the molecule is O=C(OCCNc1cccnn1)[C@@H]1OCCc2ccccc21. The molecule has 2 heterocycles. The molecule has 0 saturated heterocycles. The predicted molar refractivity (Wildman–Crippen MR) is 80.3 cm³/mol. The average Bonchev–Trinajstić information content (AvgIpc) is 2.59. The van der Waals surface area contributed by atoms with Crippen LogP contribution in [-0.2, 0) is 20.7 Å². The third-order valence-electron chi connectivity index (χ3n) is 3.43. The lowest BCUT2D eigenvalue weighted by Crippen LogP contribution is -2.26. The lowest BCUT2D eigenvalue weighted by molar-refractivity contribution is -0.158. The van der Waals surface area contributed by atoms with Crippen LogP contribution in [0.5, 0.6) is 0 Å². The van der Waals surface area contributed by atoms with Crippen molar-refractivity contribution in [2.45, 2.75) is 12.5 Å². The number of rotatable bonds is 5. The summed E-state index contributed by atoms with van der Waals surface area (Å²) in [5.74, 6) is 0.297. The minimum atomic E-state index is -0.624. The van der Waals surface area contributed by atoms with Gasteiger partial charge in [0.25, 0.3) is 0 Å². The Kier molecular flexibility index (Phi) is 4.60. The molecule has 0 amide bonds. The lowest BCUT2D eigenvalue weighted by Gasteiger charge is -2.24. The topological polar surface area (TPSA) is 73.3 Å². The molecule has 1 aromatic heterocycles. The van der Waals surface area contributed by atoms with Gasteiger partial charge in [0.2, 0.25) is 0 Å². The highest BCUT2D eigenvalue weighted by molar-refractivity contribution is 5.77.